The van der Waals surface area contributed by atoms with E-state index in [1.54, 1.807) is 0 Å². The van der Waals surface area contributed by atoms with Crippen LogP contribution in [0.3, 0.4) is 0 Å². The smallest absolute Gasteiger partial charge is 0.0713 e. The van der Waals surface area contributed by atoms with E-state index < -0.39 is 5.41 Å². The lowest BCUT2D eigenvalue weighted by molar-refractivity contribution is 0.768. The zero-order valence-electron chi connectivity index (χ0n) is 26.2. The second-order valence-electron chi connectivity index (χ2n) is 12.8. The summed E-state index contributed by atoms with van der Waals surface area (Å²) in [5, 5.41) is 2.66. The molecule has 0 fully saturated rings. The van der Waals surface area contributed by atoms with Gasteiger partial charge < -0.3 is 0 Å². The van der Waals surface area contributed by atoms with Crippen LogP contribution in [0.4, 0.5) is 0 Å². The lowest BCUT2D eigenvalue weighted by atomic mass is 9.67. The topological polar surface area (TPSA) is 0 Å². The van der Waals surface area contributed by atoms with Gasteiger partial charge in [0, 0.05) is 15.2 Å². The number of hydrogen-bond donors (Lipinski definition) is 0. The largest absolute Gasteiger partial charge is 0.0888 e. The second-order valence-corrected chi connectivity index (χ2v) is 13.9. The fourth-order valence-corrected chi connectivity index (χ4v) is 9.47. The minimum Gasteiger partial charge on any atom is -0.0888 e. The third-order valence-corrected chi connectivity index (χ3v) is 11.5. The summed E-state index contributed by atoms with van der Waals surface area (Å²) >= 11 is 1.88. The molecule has 0 nitrogen and oxygen atoms in total. The summed E-state index contributed by atoms with van der Waals surface area (Å²) in [6.45, 7) is 0. The van der Waals surface area contributed by atoms with Crippen LogP contribution >= 0.6 is 11.8 Å². The van der Waals surface area contributed by atoms with Crippen molar-refractivity contribution < 1.29 is 0 Å². The summed E-state index contributed by atoms with van der Waals surface area (Å²) in [6.07, 6.45) is 0. The summed E-state index contributed by atoms with van der Waals surface area (Å²) < 4.78 is 0. The Hall–Kier alpha value is -5.63. The highest BCUT2D eigenvalue weighted by Gasteiger charge is 2.46. The highest BCUT2D eigenvalue weighted by Crippen LogP contribution is 2.58. The van der Waals surface area contributed by atoms with Crippen LogP contribution in [0.1, 0.15) is 22.3 Å². The summed E-state index contributed by atoms with van der Waals surface area (Å²) in [6, 6.07) is 67.5. The highest BCUT2D eigenvalue weighted by molar-refractivity contribution is 7.99. The first-order chi connectivity index (χ1) is 23.8. The van der Waals surface area contributed by atoms with Gasteiger partial charge in [-0.3, -0.25) is 0 Å². The lowest BCUT2D eigenvalue weighted by Crippen LogP contribution is -2.28. The molecule has 224 valence electrons. The van der Waals surface area contributed by atoms with Crippen LogP contribution in [0.5, 0.6) is 0 Å². The SMILES string of the molecule is c1ccc(C2(c3ccccc3)c3ccccc3-c3c(-c4cccc(-c5ccc6c(c5)-c5cccc7cccc(c57)S6)c4)cccc32)cc1. The van der Waals surface area contributed by atoms with Crippen molar-refractivity contribution in [3.8, 4) is 44.5 Å². The van der Waals surface area contributed by atoms with E-state index in [9.17, 15) is 0 Å². The van der Waals surface area contributed by atoms with Crippen LogP contribution in [0.25, 0.3) is 55.3 Å². The molecule has 8 aromatic rings. The van der Waals surface area contributed by atoms with Gasteiger partial charge in [-0.2, -0.15) is 0 Å². The molecule has 1 aliphatic carbocycles. The second kappa shape index (κ2) is 10.7. The molecule has 0 spiro atoms. The maximum atomic E-state index is 2.40. The third kappa shape index (κ3) is 3.92. The van der Waals surface area contributed by atoms with Crippen LogP contribution in [-0.4, -0.2) is 0 Å². The average Bonchev–Trinajstić information content (AvgIpc) is 3.47. The van der Waals surface area contributed by atoms with Crippen molar-refractivity contribution in [2.75, 3.05) is 0 Å². The Morgan fingerprint density at radius 3 is 1.77 bits per heavy atom. The number of rotatable bonds is 4. The Bertz CT molecular complexity index is 2480. The van der Waals surface area contributed by atoms with Gasteiger partial charge in [-0.25, -0.2) is 0 Å². The standard InChI is InChI=1S/C47H30S/c1-3-17-35(18-4-1)47(36-19-5-2-6-20-36)41-24-8-7-21-39(41)46-37(22-12-25-42(46)47)34-16-9-15-32(29-34)33-27-28-43-40(30-33)38-23-10-13-31-14-11-26-44(48-43)45(31)38/h1-30H. The van der Waals surface area contributed by atoms with E-state index in [1.165, 1.54) is 87.3 Å². The zero-order chi connectivity index (χ0) is 31.7. The van der Waals surface area contributed by atoms with Gasteiger partial charge in [0.2, 0.25) is 0 Å². The van der Waals surface area contributed by atoms with Crippen molar-refractivity contribution in [3.63, 3.8) is 0 Å². The quantitative estimate of drug-likeness (QED) is 0.187. The van der Waals surface area contributed by atoms with Crippen LogP contribution in [0, 0.1) is 0 Å². The molecule has 0 unspecified atom stereocenters. The molecule has 1 aliphatic heterocycles. The normalized spacial score (nSPS) is 13.5. The first-order valence-corrected chi connectivity index (χ1v) is 17.4. The Kier molecular flexibility index (Phi) is 6.13. The van der Waals surface area contributed by atoms with Crippen LogP contribution in [0.15, 0.2) is 192 Å². The van der Waals surface area contributed by atoms with Gasteiger partial charge in [0.15, 0.2) is 0 Å². The van der Waals surface area contributed by atoms with Crippen LogP contribution in [-0.2, 0) is 5.41 Å². The molecule has 0 saturated heterocycles. The number of hydrogen-bond acceptors (Lipinski definition) is 1. The molecular formula is C47H30S. The minimum atomic E-state index is -0.407. The Morgan fingerprint density at radius 2 is 0.958 bits per heavy atom. The van der Waals surface area contributed by atoms with Crippen LogP contribution in [0.2, 0.25) is 0 Å². The van der Waals surface area contributed by atoms with Gasteiger partial charge in [-0.05, 0) is 96.4 Å². The molecule has 0 amide bonds. The fraction of sp³-hybridized carbons (Fsp3) is 0.0213. The van der Waals surface area contributed by atoms with Crippen molar-refractivity contribution in [2.24, 2.45) is 0 Å². The zero-order valence-corrected chi connectivity index (χ0v) is 27.0. The van der Waals surface area contributed by atoms with E-state index in [0.29, 0.717) is 0 Å². The molecule has 2 aliphatic rings. The Balaban J connectivity index is 1.16. The van der Waals surface area contributed by atoms with Gasteiger partial charge in [0.05, 0.1) is 5.41 Å². The van der Waals surface area contributed by atoms with E-state index >= 15 is 0 Å². The number of fused-ring (bicyclic) bond motifs is 5. The predicted octanol–water partition coefficient (Wildman–Crippen LogP) is 12.7. The highest BCUT2D eigenvalue weighted by atomic mass is 32.2. The van der Waals surface area contributed by atoms with E-state index in [1.807, 2.05) is 11.8 Å². The number of benzene rings is 8. The Morgan fingerprint density at radius 1 is 0.354 bits per heavy atom. The van der Waals surface area contributed by atoms with E-state index in [4.69, 9.17) is 0 Å². The van der Waals surface area contributed by atoms with Gasteiger partial charge >= 0.3 is 0 Å². The van der Waals surface area contributed by atoms with Crippen molar-refractivity contribution >= 4 is 22.5 Å². The first-order valence-electron chi connectivity index (χ1n) is 16.6. The van der Waals surface area contributed by atoms with Gasteiger partial charge in [-0.15, -0.1) is 0 Å². The summed E-state index contributed by atoms with van der Waals surface area (Å²) in [5.74, 6) is 0. The van der Waals surface area contributed by atoms with Gasteiger partial charge in [0.25, 0.3) is 0 Å². The maximum absolute atomic E-state index is 2.40. The summed E-state index contributed by atoms with van der Waals surface area (Å²) in [4.78, 5) is 2.65. The molecule has 0 saturated carbocycles. The lowest BCUT2D eigenvalue weighted by Gasteiger charge is -2.34. The molecule has 48 heavy (non-hydrogen) atoms. The Labute approximate surface area is 285 Å². The van der Waals surface area contributed by atoms with E-state index in [-0.39, 0.29) is 0 Å². The van der Waals surface area contributed by atoms with Crippen LogP contribution < -0.4 is 0 Å². The molecule has 1 heteroatoms. The van der Waals surface area contributed by atoms with Crippen molar-refractivity contribution in [1.29, 1.82) is 0 Å². The molecule has 0 aromatic heterocycles. The molecule has 1 heterocycles. The predicted molar refractivity (Wildman–Crippen MR) is 202 cm³/mol. The summed E-state index contributed by atoms with van der Waals surface area (Å²) in [7, 11) is 0. The molecule has 0 N–H and O–H groups in total. The minimum absolute atomic E-state index is 0.407. The monoisotopic (exact) mass is 626 g/mol. The van der Waals surface area contributed by atoms with E-state index in [2.05, 4.69) is 182 Å². The average molecular weight is 627 g/mol. The van der Waals surface area contributed by atoms with Gasteiger partial charge in [-0.1, -0.05) is 169 Å². The molecule has 0 radical (unpaired) electrons. The molecule has 10 rings (SSSR count). The first kappa shape index (κ1) is 27.5. The van der Waals surface area contributed by atoms with E-state index in [0.717, 1.165) is 0 Å². The fourth-order valence-electron chi connectivity index (χ4n) is 8.34. The molecule has 8 aromatic carbocycles. The van der Waals surface area contributed by atoms with Gasteiger partial charge in [0.1, 0.15) is 0 Å². The van der Waals surface area contributed by atoms with Crippen molar-refractivity contribution in [1.82, 2.24) is 0 Å². The van der Waals surface area contributed by atoms with Crippen molar-refractivity contribution in [3.05, 3.63) is 204 Å². The maximum Gasteiger partial charge on any atom is 0.0713 e. The third-order valence-electron chi connectivity index (χ3n) is 10.3. The summed E-state index contributed by atoms with van der Waals surface area (Å²) in [5.41, 5.74) is 15.1. The van der Waals surface area contributed by atoms with Crippen molar-refractivity contribution in [2.45, 2.75) is 15.2 Å². The molecule has 0 bridgehead atoms. The molecular weight excluding hydrogens is 597 g/mol. The molecule has 0 atom stereocenters.